The Hall–Kier alpha value is -1.69. The Labute approximate surface area is 187 Å². The van der Waals surface area contributed by atoms with Crippen molar-refractivity contribution >= 4 is 0 Å². The number of hydrogen-bond acceptors (Lipinski definition) is 4. The molecule has 168 valence electrons. The number of ether oxygens (including phenoxy) is 1. The molecule has 3 fully saturated rings. The monoisotopic (exact) mass is 422 g/mol. The van der Waals surface area contributed by atoms with Gasteiger partial charge in [-0.1, -0.05) is 12.8 Å². The first-order chi connectivity index (χ1) is 15.3. The number of rotatable bonds is 8. The van der Waals surface area contributed by atoms with Gasteiger partial charge in [-0.25, -0.2) is 0 Å². The molecule has 2 aliphatic heterocycles. The largest absolute Gasteiger partial charge is 0.377 e. The third kappa shape index (κ3) is 5.39. The van der Waals surface area contributed by atoms with Crippen LogP contribution < -0.4 is 0 Å². The zero-order chi connectivity index (χ0) is 20.9. The lowest BCUT2D eigenvalue weighted by Gasteiger charge is -2.38. The highest BCUT2D eigenvalue weighted by Gasteiger charge is 2.29. The summed E-state index contributed by atoms with van der Waals surface area (Å²) in [6.45, 7) is 6.76. The number of piperidine rings is 1. The van der Waals surface area contributed by atoms with Crippen LogP contribution in [0, 0.1) is 5.92 Å². The molecule has 0 aromatic carbocycles. The van der Waals surface area contributed by atoms with Crippen molar-refractivity contribution in [2.45, 2.75) is 70.1 Å². The fraction of sp³-hybridized carbons (Fsp3) is 0.654. The van der Waals surface area contributed by atoms with Crippen LogP contribution in [0.25, 0.3) is 5.69 Å². The van der Waals surface area contributed by atoms with E-state index in [2.05, 4.69) is 43.7 Å². The van der Waals surface area contributed by atoms with E-state index in [9.17, 15) is 0 Å². The van der Waals surface area contributed by atoms with Gasteiger partial charge in [-0.2, -0.15) is 0 Å². The summed E-state index contributed by atoms with van der Waals surface area (Å²) < 4.78 is 8.31. The van der Waals surface area contributed by atoms with Gasteiger partial charge in [0.05, 0.1) is 18.0 Å². The maximum absolute atomic E-state index is 6.02. The molecule has 3 aliphatic rings. The highest BCUT2D eigenvalue weighted by Crippen LogP contribution is 2.29. The fourth-order valence-corrected chi connectivity index (χ4v) is 5.94. The van der Waals surface area contributed by atoms with Gasteiger partial charge >= 0.3 is 0 Å². The number of nitrogens with zero attached hydrogens (tertiary/aromatic N) is 4. The maximum Gasteiger partial charge on any atom is 0.0702 e. The van der Waals surface area contributed by atoms with E-state index >= 15 is 0 Å². The molecular weight excluding hydrogens is 384 g/mol. The van der Waals surface area contributed by atoms with Crippen molar-refractivity contribution in [2.24, 2.45) is 5.92 Å². The number of pyridine rings is 1. The van der Waals surface area contributed by atoms with Crippen LogP contribution in [-0.4, -0.2) is 64.3 Å². The second kappa shape index (κ2) is 10.3. The minimum absolute atomic E-state index is 0.403. The lowest BCUT2D eigenvalue weighted by molar-refractivity contribution is 0.0534. The van der Waals surface area contributed by atoms with Crippen molar-refractivity contribution in [2.75, 3.05) is 32.8 Å². The van der Waals surface area contributed by atoms with Crippen molar-refractivity contribution in [3.05, 3.63) is 48.5 Å². The number of hydrogen-bond donors (Lipinski definition) is 0. The number of likely N-dealkylation sites (tertiary alicyclic amines) is 1. The van der Waals surface area contributed by atoms with E-state index in [0.29, 0.717) is 6.10 Å². The van der Waals surface area contributed by atoms with Crippen molar-refractivity contribution in [3.8, 4) is 5.69 Å². The van der Waals surface area contributed by atoms with Gasteiger partial charge in [0.25, 0.3) is 0 Å². The maximum atomic E-state index is 6.02. The number of aromatic nitrogens is 2. The second-order valence-corrected chi connectivity index (χ2v) is 9.83. The summed E-state index contributed by atoms with van der Waals surface area (Å²) in [6, 6.07) is 9.46. The second-order valence-electron chi connectivity index (χ2n) is 9.83. The summed E-state index contributed by atoms with van der Waals surface area (Å²) in [6.07, 6.45) is 17.2. The summed E-state index contributed by atoms with van der Waals surface area (Å²) in [5.74, 6) is 0.806. The van der Waals surface area contributed by atoms with Gasteiger partial charge in [-0.3, -0.25) is 9.88 Å². The molecule has 5 rings (SSSR count). The van der Waals surface area contributed by atoms with E-state index in [0.717, 1.165) is 37.3 Å². The van der Waals surface area contributed by atoms with Crippen molar-refractivity contribution in [1.82, 2.24) is 19.4 Å². The lowest BCUT2D eigenvalue weighted by Crippen LogP contribution is -2.43. The zero-order valence-corrected chi connectivity index (χ0v) is 18.9. The Morgan fingerprint density at radius 3 is 2.58 bits per heavy atom. The molecule has 0 bridgehead atoms. The first-order valence-electron chi connectivity index (χ1n) is 12.5. The molecule has 2 aromatic heterocycles. The summed E-state index contributed by atoms with van der Waals surface area (Å²) in [7, 11) is 0. The highest BCUT2D eigenvalue weighted by molar-refractivity contribution is 5.32. The Balaban J connectivity index is 1.23. The SMILES string of the molecule is c1cncc(-n2cccc2CN(CC2CCN(C3CCCC3)CC2)C[C@H]2CCCO2)c1. The van der Waals surface area contributed by atoms with Crippen molar-refractivity contribution in [3.63, 3.8) is 0 Å². The first-order valence-corrected chi connectivity index (χ1v) is 12.5. The molecule has 5 nitrogen and oxygen atoms in total. The van der Waals surface area contributed by atoms with Gasteiger partial charge in [0.2, 0.25) is 0 Å². The minimum Gasteiger partial charge on any atom is -0.377 e. The lowest BCUT2D eigenvalue weighted by atomic mass is 9.94. The fourth-order valence-electron chi connectivity index (χ4n) is 5.94. The molecule has 1 aliphatic carbocycles. The van der Waals surface area contributed by atoms with E-state index in [-0.39, 0.29) is 0 Å². The molecule has 31 heavy (non-hydrogen) atoms. The topological polar surface area (TPSA) is 33.5 Å². The molecular formula is C26H38N4O. The summed E-state index contributed by atoms with van der Waals surface area (Å²) in [5, 5.41) is 0. The Morgan fingerprint density at radius 1 is 0.968 bits per heavy atom. The van der Waals surface area contributed by atoms with Crippen molar-refractivity contribution in [1.29, 1.82) is 0 Å². The molecule has 2 saturated heterocycles. The van der Waals surface area contributed by atoms with Gasteiger partial charge in [0, 0.05) is 50.4 Å². The van der Waals surface area contributed by atoms with Crippen molar-refractivity contribution < 1.29 is 4.74 Å². The average Bonchev–Trinajstić information content (AvgIpc) is 3.58. The molecule has 0 spiro atoms. The van der Waals surface area contributed by atoms with Gasteiger partial charge < -0.3 is 14.2 Å². The van der Waals surface area contributed by atoms with Crippen LogP contribution in [0.5, 0.6) is 0 Å². The molecule has 0 unspecified atom stereocenters. The van der Waals surface area contributed by atoms with Gasteiger partial charge in [0.15, 0.2) is 0 Å². The van der Waals surface area contributed by atoms with Crippen LogP contribution in [0.15, 0.2) is 42.9 Å². The minimum atomic E-state index is 0.403. The standard InChI is InChI=1S/C26H38N4O/c1-2-7-23(6-1)29-15-11-22(12-16-29)19-28(21-26-10-5-17-31-26)20-25-9-4-14-30(25)24-8-3-13-27-18-24/h3-4,8-9,13-14,18,22-23,26H,1-2,5-7,10-12,15-17,19-21H2/t26-/m1/s1. The Kier molecular flexibility index (Phi) is 7.02. The quantitative estimate of drug-likeness (QED) is 0.627. The third-order valence-corrected chi connectivity index (χ3v) is 7.64. The molecule has 1 saturated carbocycles. The smallest absolute Gasteiger partial charge is 0.0702 e. The summed E-state index contributed by atoms with van der Waals surface area (Å²) >= 11 is 0. The summed E-state index contributed by atoms with van der Waals surface area (Å²) in [4.78, 5) is 9.79. The van der Waals surface area contributed by atoms with E-state index in [1.165, 1.54) is 76.7 Å². The molecule has 2 aromatic rings. The predicted molar refractivity (Wildman–Crippen MR) is 124 cm³/mol. The molecule has 0 N–H and O–H groups in total. The van der Waals surface area contributed by atoms with Gasteiger partial charge in [0.1, 0.15) is 0 Å². The third-order valence-electron chi connectivity index (χ3n) is 7.64. The normalized spacial score (nSPS) is 23.8. The zero-order valence-electron chi connectivity index (χ0n) is 18.9. The van der Waals surface area contributed by atoms with Crippen LogP contribution in [0.1, 0.15) is 57.1 Å². The van der Waals surface area contributed by atoms with E-state index < -0.39 is 0 Å². The molecule has 0 radical (unpaired) electrons. The average molecular weight is 423 g/mol. The van der Waals surface area contributed by atoms with E-state index in [1.54, 1.807) is 0 Å². The van der Waals surface area contributed by atoms with Gasteiger partial charge in [-0.15, -0.1) is 0 Å². The molecule has 1 atom stereocenters. The van der Waals surface area contributed by atoms with E-state index in [4.69, 9.17) is 4.74 Å². The van der Waals surface area contributed by atoms with Gasteiger partial charge in [-0.05, 0) is 81.8 Å². The highest BCUT2D eigenvalue weighted by atomic mass is 16.5. The van der Waals surface area contributed by atoms with E-state index in [1.807, 2.05) is 18.5 Å². The van der Waals surface area contributed by atoms with Crippen LogP contribution in [0.3, 0.4) is 0 Å². The summed E-state index contributed by atoms with van der Waals surface area (Å²) in [5.41, 5.74) is 2.49. The van der Waals surface area contributed by atoms with Crippen LogP contribution in [0.2, 0.25) is 0 Å². The Morgan fingerprint density at radius 2 is 1.84 bits per heavy atom. The Bertz CT molecular complexity index is 787. The van der Waals surface area contributed by atoms with Crippen LogP contribution in [-0.2, 0) is 11.3 Å². The van der Waals surface area contributed by atoms with Crippen LogP contribution >= 0.6 is 0 Å². The predicted octanol–water partition coefficient (Wildman–Crippen LogP) is 4.51. The first kappa shape index (κ1) is 21.2. The molecule has 4 heterocycles. The van der Waals surface area contributed by atoms with Crippen LogP contribution in [0.4, 0.5) is 0 Å². The molecule has 5 heteroatoms. The molecule has 0 amide bonds.